The quantitative estimate of drug-likeness (QED) is 0.634. The zero-order chi connectivity index (χ0) is 10.7. The molecule has 0 heterocycles. The van der Waals surface area contributed by atoms with Crippen LogP contribution in [0.2, 0.25) is 0 Å². The Kier molecular flexibility index (Phi) is 2.88. The molecule has 0 amide bonds. The molecule has 0 unspecified atom stereocenters. The van der Waals surface area contributed by atoms with E-state index in [9.17, 15) is 4.79 Å². The highest BCUT2D eigenvalue weighted by Gasteiger charge is 2.11. The summed E-state index contributed by atoms with van der Waals surface area (Å²) in [5.74, 6) is -0.404. The Bertz CT molecular complexity index is 416. The van der Waals surface area contributed by atoms with Crippen molar-refractivity contribution in [3.63, 3.8) is 0 Å². The number of hydrogen-bond donors (Lipinski definition) is 0. The minimum atomic E-state index is -0.404. The lowest BCUT2D eigenvalue weighted by atomic mass is 10.0. The first-order valence-electron chi connectivity index (χ1n) is 4.19. The highest BCUT2D eigenvalue weighted by atomic mass is 16.5. The molecule has 0 saturated heterocycles. The molecule has 72 valence electrons. The van der Waals surface area contributed by atoms with Gasteiger partial charge in [-0.05, 0) is 31.0 Å². The summed E-state index contributed by atoms with van der Waals surface area (Å²) >= 11 is 0. The zero-order valence-electron chi connectivity index (χ0n) is 8.42. The van der Waals surface area contributed by atoms with Crippen LogP contribution in [0.15, 0.2) is 12.1 Å². The number of rotatable bonds is 1. The van der Waals surface area contributed by atoms with E-state index in [1.807, 2.05) is 26.0 Å². The van der Waals surface area contributed by atoms with Gasteiger partial charge in [-0.3, -0.25) is 0 Å². The molecule has 0 aromatic heterocycles. The summed E-state index contributed by atoms with van der Waals surface area (Å²) in [6.07, 6.45) is 0. The number of carbonyl (C=O) groups is 1. The summed E-state index contributed by atoms with van der Waals surface area (Å²) in [6, 6.07) is 5.41. The van der Waals surface area contributed by atoms with Crippen LogP contribution < -0.4 is 0 Å². The number of hydrogen-bond acceptors (Lipinski definition) is 3. The van der Waals surface area contributed by atoms with E-state index in [1.165, 1.54) is 7.11 Å². The maximum absolute atomic E-state index is 11.3. The Morgan fingerprint density at radius 2 is 2.00 bits per heavy atom. The van der Waals surface area contributed by atoms with Gasteiger partial charge in [-0.15, -0.1) is 0 Å². The largest absolute Gasteiger partial charge is 0.465 e. The third-order valence-corrected chi connectivity index (χ3v) is 2.10. The van der Waals surface area contributed by atoms with Crippen molar-refractivity contribution in [3.05, 3.63) is 34.4 Å². The highest BCUT2D eigenvalue weighted by Crippen LogP contribution is 2.16. The van der Waals surface area contributed by atoms with Crippen LogP contribution in [-0.4, -0.2) is 13.1 Å². The molecule has 0 saturated carbocycles. The van der Waals surface area contributed by atoms with Crippen molar-refractivity contribution in [3.8, 4) is 6.07 Å². The van der Waals surface area contributed by atoms with Crippen LogP contribution in [-0.2, 0) is 4.74 Å². The van der Waals surface area contributed by atoms with E-state index in [0.717, 1.165) is 11.1 Å². The van der Waals surface area contributed by atoms with E-state index in [4.69, 9.17) is 5.26 Å². The predicted octanol–water partition coefficient (Wildman–Crippen LogP) is 1.96. The molecule has 0 spiro atoms. The number of ether oxygens (including phenoxy) is 1. The second-order valence-electron chi connectivity index (χ2n) is 3.09. The summed E-state index contributed by atoms with van der Waals surface area (Å²) in [5, 5.41) is 8.79. The number of nitrogens with zero attached hydrogens (tertiary/aromatic N) is 1. The fourth-order valence-electron chi connectivity index (χ4n) is 1.30. The van der Waals surface area contributed by atoms with Crippen LogP contribution in [0.1, 0.15) is 27.0 Å². The molecular formula is C11H11NO2. The maximum Gasteiger partial charge on any atom is 0.338 e. The molecule has 0 radical (unpaired) electrons. The van der Waals surface area contributed by atoms with Crippen molar-refractivity contribution in [1.29, 1.82) is 5.26 Å². The Morgan fingerprint density at radius 3 is 2.50 bits per heavy atom. The van der Waals surface area contributed by atoms with Gasteiger partial charge >= 0.3 is 5.97 Å². The van der Waals surface area contributed by atoms with Crippen molar-refractivity contribution in [2.45, 2.75) is 13.8 Å². The summed E-state index contributed by atoms with van der Waals surface area (Å²) < 4.78 is 4.61. The molecular weight excluding hydrogens is 178 g/mol. The van der Waals surface area contributed by atoms with E-state index in [-0.39, 0.29) is 0 Å². The summed E-state index contributed by atoms with van der Waals surface area (Å²) in [7, 11) is 1.33. The molecule has 1 aromatic rings. The molecule has 1 aromatic carbocycles. The van der Waals surface area contributed by atoms with Gasteiger partial charge in [-0.1, -0.05) is 6.07 Å². The monoisotopic (exact) mass is 189 g/mol. The van der Waals surface area contributed by atoms with Crippen LogP contribution in [0.4, 0.5) is 0 Å². The third kappa shape index (κ3) is 1.74. The van der Waals surface area contributed by atoms with Gasteiger partial charge in [0.15, 0.2) is 0 Å². The normalized spacial score (nSPS) is 9.29. The smallest absolute Gasteiger partial charge is 0.338 e. The lowest BCUT2D eigenvalue weighted by Gasteiger charge is -2.05. The third-order valence-electron chi connectivity index (χ3n) is 2.10. The summed E-state index contributed by atoms with van der Waals surface area (Å²) in [5.41, 5.74) is 2.66. The predicted molar refractivity (Wildman–Crippen MR) is 52.0 cm³/mol. The molecule has 0 aliphatic heterocycles. The average molecular weight is 189 g/mol. The van der Waals surface area contributed by atoms with Gasteiger partial charge in [0.2, 0.25) is 0 Å². The second-order valence-corrected chi connectivity index (χ2v) is 3.09. The molecule has 0 bridgehead atoms. The van der Waals surface area contributed by atoms with Crippen LogP contribution >= 0.6 is 0 Å². The van der Waals surface area contributed by atoms with E-state index in [1.54, 1.807) is 6.07 Å². The fraction of sp³-hybridized carbons (Fsp3) is 0.273. The van der Waals surface area contributed by atoms with Crippen molar-refractivity contribution < 1.29 is 9.53 Å². The topological polar surface area (TPSA) is 50.1 Å². The lowest BCUT2D eigenvalue weighted by molar-refractivity contribution is 0.0600. The first-order valence-corrected chi connectivity index (χ1v) is 4.19. The number of aryl methyl sites for hydroxylation is 2. The second kappa shape index (κ2) is 3.93. The minimum Gasteiger partial charge on any atom is -0.465 e. The van der Waals surface area contributed by atoms with Crippen LogP contribution in [0.5, 0.6) is 0 Å². The zero-order valence-corrected chi connectivity index (χ0v) is 8.42. The molecule has 0 aliphatic carbocycles. The van der Waals surface area contributed by atoms with Crippen molar-refractivity contribution in [2.24, 2.45) is 0 Å². The van der Waals surface area contributed by atoms with Gasteiger partial charge < -0.3 is 4.74 Å². The summed E-state index contributed by atoms with van der Waals surface area (Å²) in [4.78, 5) is 11.3. The maximum atomic E-state index is 11.3. The van der Waals surface area contributed by atoms with Crippen LogP contribution in [0, 0.1) is 25.2 Å². The lowest BCUT2D eigenvalue weighted by Crippen LogP contribution is -2.05. The van der Waals surface area contributed by atoms with Crippen molar-refractivity contribution in [1.82, 2.24) is 0 Å². The minimum absolute atomic E-state index is 0.404. The van der Waals surface area contributed by atoms with E-state index < -0.39 is 5.97 Å². The number of carbonyl (C=O) groups excluding carboxylic acids is 1. The van der Waals surface area contributed by atoms with Crippen LogP contribution in [0.25, 0.3) is 0 Å². The van der Waals surface area contributed by atoms with Gasteiger partial charge in [0.1, 0.15) is 0 Å². The Labute approximate surface area is 82.9 Å². The van der Waals surface area contributed by atoms with Gasteiger partial charge in [0.05, 0.1) is 24.3 Å². The SMILES string of the molecule is COC(=O)c1cc(C#N)c(C)cc1C. The van der Waals surface area contributed by atoms with Gasteiger partial charge in [0.25, 0.3) is 0 Å². The molecule has 1 rings (SSSR count). The molecule has 0 atom stereocenters. The Hall–Kier alpha value is -1.82. The highest BCUT2D eigenvalue weighted by molar-refractivity contribution is 5.91. The average Bonchev–Trinajstić information content (AvgIpc) is 2.17. The Morgan fingerprint density at radius 1 is 1.36 bits per heavy atom. The number of methoxy groups -OCH3 is 1. The first kappa shape index (κ1) is 10.3. The standard InChI is InChI=1S/C11H11NO2/c1-7-4-8(2)10(11(13)14-3)5-9(7)6-12/h4-5H,1-3H3. The molecule has 0 fully saturated rings. The number of benzene rings is 1. The number of esters is 1. The van der Waals surface area contributed by atoms with Gasteiger partial charge in [-0.25, -0.2) is 4.79 Å². The molecule has 14 heavy (non-hydrogen) atoms. The fourth-order valence-corrected chi connectivity index (χ4v) is 1.30. The molecule has 3 heteroatoms. The molecule has 0 aliphatic rings. The van der Waals surface area contributed by atoms with Gasteiger partial charge in [0, 0.05) is 0 Å². The first-order chi connectivity index (χ1) is 6.60. The van der Waals surface area contributed by atoms with Crippen molar-refractivity contribution >= 4 is 5.97 Å². The van der Waals surface area contributed by atoms with E-state index >= 15 is 0 Å². The van der Waals surface area contributed by atoms with E-state index in [0.29, 0.717) is 11.1 Å². The van der Waals surface area contributed by atoms with Crippen molar-refractivity contribution in [2.75, 3.05) is 7.11 Å². The van der Waals surface area contributed by atoms with Crippen LogP contribution in [0.3, 0.4) is 0 Å². The number of nitriles is 1. The van der Waals surface area contributed by atoms with Gasteiger partial charge in [-0.2, -0.15) is 5.26 Å². The summed E-state index contributed by atoms with van der Waals surface area (Å²) in [6.45, 7) is 3.66. The Balaban J connectivity index is 3.33. The van der Waals surface area contributed by atoms with E-state index in [2.05, 4.69) is 4.74 Å². The molecule has 0 N–H and O–H groups in total. The molecule has 3 nitrogen and oxygen atoms in total.